The van der Waals surface area contributed by atoms with E-state index in [2.05, 4.69) is 20.7 Å². The molecule has 6 heteroatoms. The van der Waals surface area contributed by atoms with E-state index in [-0.39, 0.29) is 17.1 Å². The molecule has 1 aromatic rings. The van der Waals surface area contributed by atoms with E-state index in [9.17, 15) is 18.0 Å². The van der Waals surface area contributed by atoms with Gasteiger partial charge in [-0.15, -0.1) is 0 Å². The number of halogens is 4. The zero-order valence-corrected chi connectivity index (χ0v) is 9.80. The van der Waals surface area contributed by atoms with E-state index in [0.29, 0.717) is 0 Å². The normalized spacial score (nSPS) is 12.6. The van der Waals surface area contributed by atoms with Crippen LogP contribution in [-0.4, -0.2) is 12.4 Å². The monoisotopic (exact) mass is 296 g/mol. The third-order valence-corrected chi connectivity index (χ3v) is 2.96. The van der Waals surface area contributed by atoms with Gasteiger partial charge in [-0.1, -0.05) is 22.0 Å². The second-order valence-corrected chi connectivity index (χ2v) is 3.95. The van der Waals surface area contributed by atoms with Gasteiger partial charge in [0, 0.05) is 11.6 Å². The van der Waals surface area contributed by atoms with E-state index < -0.39 is 17.3 Å². The van der Waals surface area contributed by atoms with E-state index in [1.807, 2.05) is 0 Å². The van der Waals surface area contributed by atoms with Crippen LogP contribution >= 0.6 is 15.9 Å². The summed E-state index contributed by atoms with van der Waals surface area (Å²) in [5.74, 6) is -1.33. The van der Waals surface area contributed by atoms with Crippen molar-refractivity contribution in [2.24, 2.45) is 0 Å². The molecule has 0 saturated carbocycles. The number of ether oxygens (including phenoxy) is 1. The van der Waals surface area contributed by atoms with Crippen LogP contribution in [0.25, 0.3) is 0 Å². The predicted octanol–water partition coefficient (Wildman–Crippen LogP) is 3.45. The number of ketones is 1. The minimum atomic E-state index is -3.06. The summed E-state index contributed by atoms with van der Waals surface area (Å²) in [6.45, 7) is -1.78. The van der Waals surface area contributed by atoms with E-state index in [1.54, 1.807) is 0 Å². The Bertz CT molecular complexity index is 396. The molecule has 0 aliphatic rings. The largest absolute Gasteiger partial charge is 0.434 e. The molecule has 0 amide bonds. The summed E-state index contributed by atoms with van der Waals surface area (Å²) in [4.78, 5) is 10.3. The first-order valence-electron chi connectivity index (χ1n) is 4.30. The molecule has 0 aromatic heterocycles. The fraction of sp³-hybridized carbons (Fsp3) is 0.300. The lowest BCUT2D eigenvalue weighted by Gasteiger charge is -2.13. The molecule has 0 heterocycles. The quantitative estimate of drug-likeness (QED) is 0.796. The molecule has 88 valence electrons. The highest BCUT2D eigenvalue weighted by Crippen LogP contribution is 2.33. The van der Waals surface area contributed by atoms with Gasteiger partial charge >= 0.3 is 6.61 Å². The van der Waals surface area contributed by atoms with Crippen LogP contribution in [0, 0.1) is 5.82 Å². The van der Waals surface area contributed by atoms with E-state index in [4.69, 9.17) is 0 Å². The third-order valence-electron chi connectivity index (χ3n) is 1.82. The highest BCUT2D eigenvalue weighted by Gasteiger charge is 2.20. The molecular formula is C10H8BrF3O2. The van der Waals surface area contributed by atoms with Crippen molar-refractivity contribution < 1.29 is 22.7 Å². The van der Waals surface area contributed by atoms with Crippen LogP contribution in [-0.2, 0) is 4.79 Å². The second kappa shape index (κ2) is 5.34. The summed E-state index contributed by atoms with van der Waals surface area (Å²) in [6, 6.07) is 3.12. The first-order valence-corrected chi connectivity index (χ1v) is 5.22. The van der Waals surface area contributed by atoms with Gasteiger partial charge in [-0.3, -0.25) is 4.79 Å². The Balaban J connectivity index is 3.11. The van der Waals surface area contributed by atoms with Gasteiger partial charge in [0.25, 0.3) is 0 Å². The van der Waals surface area contributed by atoms with Crippen molar-refractivity contribution in [3.63, 3.8) is 0 Å². The van der Waals surface area contributed by atoms with Crippen LogP contribution in [0.5, 0.6) is 5.75 Å². The molecule has 0 radical (unpaired) electrons. The molecule has 16 heavy (non-hydrogen) atoms. The Morgan fingerprint density at radius 1 is 1.44 bits per heavy atom. The summed E-state index contributed by atoms with van der Waals surface area (Å²) < 4.78 is 41.1. The molecule has 1 rings (SSSR count). The number of benzene rings is 1. The van der Waals surface area contributed by atoms with Crippen molar-refractivity contribution in [1.29, 1.82) is 0 Å². The Kier molecular flexibility index (Phi) is 4.35. The molecule has 0 N–H and O–H groups in total. The molecule has 0 saturated heterocycles. The summed E-state index contributed by atoms with van der Waals surface area (Å²) in [6.07, 6.45) is 0. The number of carbonyl (C=O) groups excluding carboxylic acids is 1. The molecule has 1 atom stereocenters. The standard InChI is InChI=1S/C10H8BrF3O2/c1-5(15)9(11)7-3-2-6(12)4-8(7)16-10(13)14/h2-4,9-10H,1H3. The van der Waals surface area contributed by atoms with Crippen molar-refractivity contribution in [3.8, 4) is 5.75 Å². The number of hydrogen-bond donors (Lipinski definition) is 0. The lowest BCUT2D eigenvalue weighted by atomic mass is 10.1. The lowest BCUT2D eigenvalue weighted by molar-refractivity contribution is -0.116. The minimum Gasteiger partial charge on any atom is -0.434 e. The lowest BCUT2D eigenvalue weighted by Crippen LogP contribution is -2.08. The smallest absolute Gasteiger partial charge is 0.387 e. The van der Waals surface area contributed by atoms with Gasteiger partial charge < -0.3 is 4.74 Å². The van der Waals surface area contributed by atoms with Gasteiger partial charge in [0.05, 0.1) is 0 Å². The topological polar surface area (TPSA) is 26.3 Å². The van der Waals surface area contributed by atoms with E-state index >= 15 is 0 Å². The molecule has 0 aliphatic heterocycles. The molecule has 0 bridgehead atoms. The summed E-state index contributed by atoms with van der Waals surface area (Å²) in [5.41, 5.74) is 0.175. The van der Waals surface area contributed by atoms with E-state index in [0.717, 1.165) is 12.1 Å². The first-order chi connectivity index (χ1) is 7.41. The van der Waals surface area contributed by atoms with Gasteiger partial charge in [0.15, 0.2) is 0 Å². The van der Waals surface area contributed by atoms with Crippen LogP contribution in [0.2, 0.25) is 0 Å². The maximum atomic E-state index is 12.8. The van der Waals surface area contributed by atoms with Gasteiger partial charge in [-0.2, -0.15) is 8.78 Å². The first kappa shape index (κ1) is 13.0. The van der Waals surface area contributed by atoms with Crippen molar-refractivity contribution in [3.05, 3.63) is 29.6 Å². The molecule has 2 nitrogen and oxygen atoms in total. The Hall–Kier alpha value is -1.04. The molecule has 0 fully saturated rings. The van der Waals surface area contributed by atoms with Crippen molar-refractivity contribution in [2.75, 3.05) is 0 Å². The highest BCUT2D eigenvalue weighted by atomic mass is 79.9. The Morgan fingerprint density at radius 2 is 2.06 bits per heavy atom. The average Bonchev–Trinajstić information content (AvgIpc) is 2.15. The van der Waals surface area contributed by atoms with Gasteiger partial charge in [0.1, 0.15) is 22.2 Å². The van der Waals surface area contributed by atoms with Crippen LogP contribution in [0.4, 0.5) is 13.2 Å². The highest BCUT2D eigenvalue weighted by molar-refractivity contribution is 9.09. The Morgan fingerprint density at radius 3 is 2.56 bits per heavy atom. The maximum absolute atomic E-state index is 12.8. The molecule has 0 spiro atoms. The second-order valence-electron chi connectivity index (χ2n) is 3.03. The SMILES string of the molecule is CC(=O)C(Br)c1ccc(F)cc1OC(F)F. The van der Waals surface area contributed by atoms with Gasteiger partial charge in [0.2, 0.25) is 0 Å². The molecule has 1 aromatic carbocycles. The third kappa shape index (κ3) is 3.23. The van der Waals surface area contributed by atoms with Crippen LogP contribution < -0.4 is 4.74 Å². The number of hydrogen-bond acceptors (Lipinski definition) is 2. The minimum absolute atomic E-state index is 0.175. The Labute approximate surface area is 98.5 Å². The number of Topliss-reactive ketones (excluding diaryl/α,β-unsaturated/α-hetero) is 1. The van der Waals surface area contributed by atoms with Crippen molar-refractivity contribution in [1.82, 2.24) is 0 Å². The zero-order valence-electron chi connectivity index (χ0n) is 8.22. The molecule has 1 unspecified atom stereocenters. The predicted molar refractivity (Wildman–Crippen MR) is 55.4 cm³/mol. The van der Waals surface area contributed by atoms with Crippen molar-refractivity contribution in [2.45, 2.75) is 18.4 Å². The van der Waals surface area contributed by atoms with Crippen LogP contribution in [0.3, 0.4) is 0 Å². The average molecular weight is 297 g/mol. The van der Waals surface area contributed by atoms with Crippen LogP contribution in [0.15, 0.2) is 18.2 Å². The molecular weight excluding hydrogens is 289 g/mol. The maximum Gasteiger partial charge on any atom is 0.387 e. The fourth-order valence-electron chi connectivity index (χ4n) is 1.13. The molecule has 0 aliphatic carbocycles. The zero-order chi connectivity index (χ0) is 12.3. The summed E-state index contributed by atoms with van der Waals surface area (Å²) >= 11 is 3.02. The van der Waals surface area contributed by atoms with Gasteiger partial charge in [-0.25, -0.2) is 4.39 Å². The number of alkyl halides is 3. The van der Waals surface area contributed by atoms with Crippen LogP contribution in [0.1, 0.15) is 17.3 Å². The van der Waals surface area contributed by atoms with Gasteiger partial charge in [-0.05, 0) is 13.0 Å². The number of carbonyl (C=O) groups is 1. The van der Waals surface area contributed by atoms with Crippen molar-refractivity contribution >= 4 is 21.7 Å². The number of rotatable bonds is 4. The summed E-state index contributed by atoms with van der Waals surface area (Å²) in [5, 5.41) is 0. The fourth-order valence-corrected chi connectivity index (χ4v) is 1.51. The van der Waals surface area contributed by atoms with E-state index in [1.165, 1.54) is 13.0 Å². The summed E-state index contributed by atoms with van der Waals surface area (Å²) in [7, 11) is 0.